The molecule has 3 nitrogen and oxygen atoms in total. The molecule has 0 fully saturated rings. The Hall–Kier alpha value is -1.35. The van der Waals surface area contributed by atoms with Crippen molar-refractivity contribution >= 4 is 5.91 Å². The second kappa shape index (κ2) is 7.17. The van der Waals surface area contributed by atoms with Crippen LogP contribution in [0, 0.1) is 6.92 Å². The highest BCUT2D eigenvalue weighted by Crippen LogP contribution is 2.04. The van der Waals surface area contributed by atoms with E-state index >= 15 is 0 Å². The van der Waals surface area contributed by atoms with Crippen molar-refractivity contribution in [2.24, 2.45) is 0 Å². The van der Waals surface area contributed by atoms with Crippen LogP contribution in [-0.4, -0.2) is 36.5 Å². The third-order valence-corrected chi connectivity index (χ3v) is 3.27. The Bertz CT molecular complexity index is 386. The zero-order valence-electron chi connectivity index (χ0n) is 11.9. The van der Waals surface area contributed by atoms with Crippen molar-refractivity contribution < 1.29 is 4.79 Å². The van der Waals surface area contributed by atoms with E-state index in [0.29, 0.717) is 12.6 Å². The highest BCUT2D eigenvalue weighted by Gasteiger charge is 2.12. The summed E-state index contributed by atoms with van der Waals surface area (Å²) in [5, 5.41) is 2.99. The lowest BCUT2D eigenvalue weighted by Gasteiger charge is -2.26. The number of carbonyl (C=O) groups is 1. The fourth-order valence-electron chi connectivity index (χ4n) is 2.10. The molecule has 1 unspecified atom stereocenters. The topological polar surface area (TPSA) is 32.3 Å². The van der Waals surface area contributed by atoms with Crippen LogP contribution in [-0.2, 0) is 0 Å². The van der Waals surface area contributed by atoms with E-state index in [4.69, 9.17) is 0 Å². The Balaban J connectivity index is 2.51. The largest absolute Gasteiger partial charge is 0.350 e. The molecule has 3 heteroatoms. The number of hydrogen-bond acceptors (Lipinski definition) is 2. The van der Waals surface area contributed by atoms with E-state index in [0.717, 1.165) is 24.2 Å². The van der Waals surface area contributed by atoms with Gasteiger partial charge in [0, 0.05) is 18.2 Å². The fraction of sp³-hybridized carbons (Fsp3) is 0.533. The molecule has 1 aromatic rings. The van der Waals surface area contributed by atoms with Gasteiger partial charge in [-0.05, 0) is 39.1 Å². The highest BCUT2D eigenvalue weighted by molar-refractivity contribution is 5.94. The molecule has 0 aliphatic rings. The minimum Gasteiger partial charge on any atom is -0.350 e. The van der Waals surface area contributed by atoms with E-state index in [1.807, 2.05) is 31.2 Å². The van der Waals surface area contributed by atoms with Crippen molar-refractivity contribution in [1.29, 1.82) is 0 Å². The molecule has 0 radical (unpaired) electrons. The molecule has 0 aromatic heterocycles. The predicted molar refractivity (Wildman–Crippen MR) is 75.9 cm³/mol. The number of benzene rings is 1. The summed E-state index contributed by atoms with van der Waals surface area (Å²) < 4.78 is 0. The van der Waals surface area contributed by atoms with Gasteiger partial charge in [-0.1, -0.05) is 31.5 Å². The molecule has 100 valence electrons. The molecular formula is C15H24N2O. The van der Waals surface area contributed by atoms with Gasteiger partial charge in [-0.3, -0.25) is 9.69 Å². The molecule has 0 saturated heterocycles. The van der Waals surface area contributed by atoms with Crippen LogP contribution in [0.2, 0.25) is 0 Å². The molecule has 18 heavy (non-hydrogen) atoms. The number of nitrogens with one attached hydrogen (secondary N) is 1. The molecule has 1 atom stereocenters. The van der Waals surface area contributed by atoms with Crippen LogP contribution in [0.15, 0.2) is 24.3 Å². The van der Waals surface area contributed by atoms with E-state index < -0.39 is 0 Å². The molecule has 0 saturated carbocycles. The first kappa shape index (κ1) is 14.7. The summed E-state index contributed by atoms with van der Waals surface area (Å²) in [4.78, 5) is 14.3. The number of rotatable bonds is 6. The Morgan fingerprint density at radius 2 is 2.00 bits per heavy atom. The first-order valence-electron chi connectivity index (χ1n) is 6.67. The van der Waals surface area contributed by atoms with Crippen molar-refractivity contribution in [2.45, 2.75) is 33.7 Å². The van der Waals surface area contributed by atoms with Crippen LogP contribution < -0.4 is 5.32 Å². The van der Waals surface area contributed by atoms with Crippen molar-refractivity contribution in [3.63, 3.8) is 0 Å². The van der Waals surface area contributed by atoms with Gasteiger partial charge in [0.1, 0.15) is 0 Å². The number of likely N-dealkylation sites (N-methyl/N-ethyl adjacent to an activating group) is 1. The number of carbonyl (C=O) groups excluding carboxylic acids is 1. The molecule has 0 spiro atoms. The Kier molecular flexibility index (Phi) is 5.86. The van der Waals surface area contributed by atoms with Gasteiger partial charge in [0.25, 0.3) is 5.91 Å². The standard InChI is InChI=1S/C15H24N2O/c1-5-17(6-2)13(4)11-16-15(18)14-9-7-8-12(3)10-14/h7-10,13H,5-6,11H2,1-4H3,(H,16,18). The van der Waals surface area contributed by atoms with Crippen molar-refractivity contribution in [3.8, 4) is 0 Å². The van der Waals surface area contributed by atoms with E-state index in [1.54, 1.807) is 0 Å². The molecule has 1 amide bonds. The van der Waals surface area contributed by atoms with Crippen LogP contribution in [0.25, 0.3) is 0 Å². The number of aryl methyl sites for hydroxylation is 1. The molecule has 1 rings (SSSR count). The van der Waals surface area contributed by atoms with Gasteiger partial charge in [-0.25, -0.2) is 0 Å². The second-order valence-electron chi connectivity index (χ2n) is 4.65. The SMILES string of the molecule is CCN(CC)C(C)CNC(=O)c1cccc(C)c1. The van der Waals surface area contributed by atoms with Crippen LogP contribution in [0.4, 0.5) is 0 Å². The van der Waals surface area contributed by atoms with E-state index in [2.05, 4.69) is 31.0 Å². The maximum atomic E-state index is 12.0. The predicted octanol–water partition coefficient (Wildman–Crippen LogP) is 2.46. The molecular weight excluding hydrogens is 224 g/mol. The van der Waals surface area contributed by atoms with E-state index in [9.17, 15) is 4.79 Å². The van der Waals surface area contributed by atoms with Crippen LogP contribution in [0.5, 0.6) is 0 Å². The van der Waals surface area contributed by atoms with Gasteiger partial charge >= 0.3 is 0 Å². The van der Waals surface area contributed by atoms with Crippen LogP contribution >= 0.6 is 0 Å². The molecule has 0 bridgehead atoms. The summed E-state index contributed by atoms with van der Waals surface area (Å²) in [6.07, 6.45) is 0. The molecule has 1 N–H and O–H groups in total. The second-order valence-corrected chi connectivity index (χ2v) is 4.65. The molecule has 0 aliphatic heterocycles. The lowest BCUT2D eigenvalue weighted by atomic mass is 10.1. The van der Waals surface area contributed by atoms with Gasteiger partial charge in [-0.2, -0.15) is 0 Å². The Morgan fingerprint density at radius 1 is 1.33 bits per heavy atom. The van der Waals surface area contributed by atoms with Crippen LogP contribution in [0.1, 0.15) is 36.7 Å². The van der Waals surface area contributed by atoms with Crippen molar-refractivity contribution in [2.75, 3.05) is 19.6 Å². The maximum absolute atomic E-state index is 12.0. The third kappa shape index (κ3) is 4.15. The van der Waals surface area contributed by atoms with Crippen LogP contribution in [0.3, 0.4) is 0 Å². The van der Waals surface area contributed by atoms with Crippen molar-refractivity contribution in [1.82, 2.24) is 10.2 Å². The number of amides is 1. The third-order valence-electron chi connectivity index (χ3n) is 3.27. The van der Waals surface area contributed by atoms with Gasteiger partial charge in [-0.15, -0.1) is 0 Å². The zero-order chi connectivity index (χ0) is 13.5. The van der Waals surface area contributed by atoms with E-state index in [1.165, 1.54) is 0 Å². The summed E-state index contributed by atoms with van der Waals surface area (Å²) in [6, 6.07) is 8.05. The highest BCUT2D eigenvalue weighted by atomic mass is 16.1. The van der Waals surface area contributed by atoms with Gasteiger partial charge in [0.05, 0.1) is 0 Å². The quantitative estimate of drug-likeness (QED) is 0.838. The minimum absolute atomic E-state index is 0.0118. The average Bonchev–Trinajstić information content (AvgIpc) is 2.37. The zero-order valence-corrected chi connectivity index (χ0v) is 11.9. The Morgan fingerprint density at radius 3 is 2.56 bits per heavy atom. The summed E-state index contributed by atoms with van der Waals surface area (Å²) in [5.74, 6) is 0.0118. The van der Waals surface area contributed by atoms with Crippen molar-refractivity contribution in [3.05, 3.63) is 35.4 Å². The first-order valence-corrected chi connectivity index (χ1v) is 6.67. The number of nitrogens with zero attached hydrogens (tertiary/aromatic N) is 1. The first-order chi connectivity index (χ1) is 8.58. The molecule has 0 heterocycles. The van der Waals surface area contributed by atoms with E-state index in [-0.39, 0.29) is 5.91 Å². The Labute approximate surface area is 110 Å². The molecule has 0 aliphatic carbocycles. The number of hydrogen-bond donors (Lipinski definition) is 1. The lowest BCUT2D eigenvalue weighted by molar-refractivity contribution is 0.0938. The van der Waals surface area contributed by atoms with Gasteiger partial charge < -0.3 is 5.32 Å². The minimum atomic E-state index is 0.0118. The molecule has 1 aromatic carbocycles. The van der Waals surface area contributed by atoms with Gasteiger partial charge in [0.2, 0.25) is 0 Å². The summed E-state index contributed by atoms with van der Waals surface area (Å²) in [6.45, 7) is 11.1. The monoisotopic (exact) mass is 248 g/mol. The average molecular weight is 248 g/mol. The summed E-state index contributed by atoms with van der Waals surface area (Å²) in [7, 11) is 0. The fourth-order valence-corrected chi connectivity index (χ4v) is 2.10. The maximum Gasteiger partial charge on any atom is 0.251 e. The normalized spacial score (nSPS) is 12.5. The lowest BCUT2D eigenvalue weighted by Crippen LogP contribution is -2.42. The van der Waals surface area contributed by atoms with Gasteiger partial charge in [0.15, 0.2) is 0 Å². The smallest absolute Gasteiger partial charge is 0.251 e. The summed E-state index contributed by atoms with van der Waals surface area (Å²) >= 11 is 0. The summed E-state index contributed by atoms with van der Waals surface area (Å²) in [5.41, 5.74) is 1.85.